The lowest BCUT2D eigenvalue weighted by Crippen LogP contribution is -2.24. The number of fused-ring (bicyclic) bond motifs is 2. The number of aryl methyl sites for hydroxylation is 1. The van der Waals surface area contributed by atoms with Crippen LogP contribution in [0.2, 0.25) is 0 Å². The zero-order valence-electron chi connectivity index (χ0n) is 12.8. The summed E-state index contributed by atoms with van der Waals surface area (Å²) >= 11 is 0. The van der Waals surface area contributed by atoms with Gasteiger partial charge in [-0.15, -0.1) is 0 Å². The highest BCUT2D eigenvalue weighted by molar-refractivity contribution is 5.82. The van der Waals surface area contributed by atoms with Crippen molar-refractivity contribution < 1.29 is 0 Å². The monoisotopic (exact) mass is 292 g/mol. The lowest BCUT2D eigenvalue weighted by molar-refractivity contribution is 0.293. The van der Waals surface area contributed by atoms with Gasteiger partial charge >= 0.3 is 0 Å². The number of imidazole rings is 1. The molecule has 1 aromatic heterocycles. The van der Waals surface area contributed by atoms with Crippen molar-refractivity contribution in [3.05, 3.63) is 53.6 Å². The van der Waals surface area contributed by atoms with E-state index in [4.69, 9.17) is 10.7 Å². The molecule has 0 bridgehead atoms. The van der Waals surface area contributed by atoms with Gasteiger partial charge in [0.25, 0.3) is 0 Å². The Morgan fingerprint density at radius 3 is 2.55 bits per heavy atom. The van der Waals surface area contributed by atoms with E-state index >= 15 is 0 Å². The summed E-state index contributed by atoms with van der Waals surface area (Å²) < 4.78 is 2.19. The fraction of sp³-hybridized carbons (Fsp3) is 0.278. The van der Waals surface area contributed by atoms with Gasteiger partial charge in [-0.05, 0) is 23.3 Å². The van der Waals surface area contributed by atoms with E-state index in [2.05, 4.69) is 52.9 Å². The van der Waals surface area contributed by atoms with Crippen LogP contribution in [0.5, 0.6) is 0 Å². The number of rotatable bonds is 3. The molecule has 0 spiro atoms. The number of hydrogen-bond acceptors (Lipinski definition) is 3. The van der Waals surface area contributed by atoms with E-state index in [0.29, 0.717) is 6.54 Å². The fourth-order valence-corrected chi connectivity index (χ4v) is 3.34. The van der Waals surface area contributed by atoms with Crippen LogP contribution in [-0.2, 0) is 20.1 Å². The first-order valence-electron chi connectivity index (χ1n) is 7.72. The van der Waals surface area contributed by atoms with E-state index in [-0.39, 0.29) is 0 Å². The normalized spacial score (nSPS) is 14.6. The Bertz CT molecular complexity index is 820. The molecule has 0 unspecified atom stereocenters. The topological polar surface area (TPSA) is 47.1 Å². The van der Waals surface area contributed by atoms with Gasteiger partial charge in [-0.2, -0.15) is 0 Å². The maximum atomic E-state index is 5.67. The summed E-state index contributed by atoms with van der Waals surface area (Å²) in [6, 6.07) is 14.9. The van der Waals surface area contributed by atoms with E-state index in [1.807, 2.05) is 6.07 Å². The van der Waals surface area contributed by atoms with Crippen LogP contribution in [0.1, 0.15) is 11.1 Å². The Labute approximate surface area is 130 Å². The number of hydrogen-bond donors (Lipinski definition) is 1. The highest BCUT2D eigenvalue weighted by atomic mass is 15.1. The molecule has 0 fully saturated rings. The Morgan fingerprint density at radius 1 is 1.09 bits per heavy atom. The molecule has 0 saturated carbocycles. The van der Waals surface area contributed by atoms with Crippen molar-refractivity contribution in [1.29, 1.82) is 0 Å². The highest BCUT2D eigenvalue weighted by Gasteiger charge is 2.21. The smallest absolute Gasteiger partial charge is 0.140 e. The quantitative estimate of drug-likeness (QED) is 0.807. The Hall–Kier alpha value is -2.17. The van der Waals surface area contributed by atoms with E-state index in [1.54, 1.807) is 0 Å². The van der Waals surface area contributed by atoms with Gasteiger partial charge in [0.05, 0.1) is 11.0 Å². The molecule has 2 N–H and O–H groups in total. The molecule has 0 amide bonds. The van der Waals surface area contributed by atoms with Crippen LogP contribution in [0.3, 0.4) is 0 Å². The van der Waals surface area contributed by atoms with Crippen molar-refractivity contribution >= 4 is 11.0 Å². The van der Waals surface area contributed by atoms with Crippen LogP contribution >= 0.6 is 0 Å². The second-order valence-corrected chi connectivity index (χ2v) is 5.97. The van der Waals surface area contributed by atoms with Crippen LogP contribution in [-0.4, -0.2) is 27.5 Å². The summed E-state index contributed by atoms with van der Waals surface area (Å²) in [5.74, 6) is 1.03. The lowest BCUT2D eigenvalue weighted by Gasteiger charge is -2.11. The van der Waals surface area contributed by atoms with Crippen molar-refractivity contribution in [3.8, 4) is 11.4 Å². The maximum absolute atomic E-state index is 5.67. The summed E-state index contributed by atoms with van der Waals surface area (Å²) in [5.41, 5.74) is 11.9. The SMILES string of the molecule is Cn1c(-c2ccccc2)nc2cc3c(cc21)CN(CCN)C3. The van der Waals surface area contributed by atoms with Crippen molar-refractivity contribution in [1.82, 2.24) is 14.5 Å². The molecule has 0 aliphatic carbocycles. The summed E-state index contributed by atoms with van der Waals surface area (Å²) in [4.78, 5) is 7.24. The zero-order chi connectivity index (χ0) is 15.1. The van der Waals surface area contributed by atoms with Gasteiger partial charge < -0.3 is 10.3 Å². The molecule has 0 radical (unpaired) electrons. The Kier molecular flexibility index (Phi) is 3.21. The third-order valence-electron chi connectivity index (χ3n) is 4.47. The molecule has 112 valence electrons. The second kappa shape index (κ2) is 5.23. The van der Waals surface area contributed by atoms with Crippen molar-refractivity contribution in [3.63, 3.8) is 0 Å². The molecule has 1 aliphatic rings. The molecule has 4 rings (SSSR count). The van der Waals surface area contributed by atoms with Crippen LogP contribution in [0.15, 0.2) is 42.5 Å². The molecule has 1 aliphatic heterocycles. The van der Waals surface area contributed by atoms with Gasteiger partial charge in [0, 0.05) is 38.8 Å². The lowest BCUT2D eigenvalue weighted by atomic mass is 10.1. The van der Waals surface area contributed by atoms with Gasteiger partial charge in [-0.25, -0.2) is 4.98 Å². The number of nitrogens with zero attached hydrogens (tertiary/aromatic N) is 3. The first-order valence-corrected chi connectivity index (χ1v) is 7.72. The third-order valence-corrected chi connectivity index (χ3v) is 4.47. The summed E-state index contributed by atoms with van der Waals surface area (Å²) in [5, 5.41) is 0. The van der Waals surface area contributed by atoms with Gasteiger partial charge in [0.15, 0.2) is 0 Å². The van der Waals surface area contributed by atoms with Crippen LogP contribution in [0.4, 0.5) is 0 Å². The number of aromatic nitrogens is 2. The minimum Gasteiger partial charge on any atom is -0.329 e. The van der Waals surface area contributed by atoms with E-state index in [0.717, 1.165) is 36.5 Å². The van der Waals surface area contributed by atoms with Gasteiger partial charge in [-0.1, -0.05) is 30.3 Å². The van der Waals surface area contributed by atoms with Gasteiger partial charge in [0.2, 0.25) is 0 Å². The molecule has 0 saturated heterocycles. The molecule has 4 heteroatoms. The minimum absolute atomic E-state index is 0.712. The Balaban J connectivity index is 1.79. The van der Waals surface area contributed by atoms with Crippen LogP contribution in [0, 0.1) is 0 Å². The summed E-state index contributed by atoms with van der Waals surface area (Å²) in [6.45, 7) is 3.64. The van der Waals surface area contributed by atoms with Gasteiger partial charge in [0.1, 0.15) is 5.82 Å². The molecule has 2 heterocycles. The summed E-state index contributed by atoms with van der Waals surface area (Å²) in [6.07, 6.45) is 0. The fourth-order valence-electron chi connectivity index (χ4n) is 3.34. The van der Waals surface area contributed by atoms with E-state index in [1.165, 1.54) is 16.6 Å². The van der Waals surface area contributed by atoms with E-state index < -0.39 is 0 Å². The van der Waals surface area contributed by atoms with Crippen molar-refractivity contribution in [2.45, 2.75) is 13.1 Å². The molecule has 4 nitrogen and oxygen atoms in total. The van der Waals surface area contributed by atoms with Crippen LogP contribution in [0.25, 0.3) is 22.4 Å². The van der Waals surface area contributed by atoms with Crippen LogP contribution < -0.4 is 5.73 Å². The molecular formula is C18H20N4. The predicted octanol–water partition coefficient (Wildman–Crippen LogP) is 2.51. The molecule has 0 atom stereocenters. The first-order chi connectivity index (χ1) is 10.8. The number of nitrogens with two attached hydrogens (primary N) is 1. The molecule has 22 heavy (non-hydrogen) atoms. The maximum Gasteiger partial charge on any atom is 0.140 e. The Morgan fingerprint density at radius 2 is 1.82 bits per heavy atom. The largest absolute Gasteiger partial charge is 0.329 e. The standard InChI is InChI=1S/C18H20N4/c1-21-17-10-15-12-22(8-7-19)11-14(15)9-16(17)20-18(21)13-5-3-2-4-6-13/h2-6,9-10H,7-8,11-12,19H2,1H3. The number of benzene rings is 2. The van der Waals surface area contributed by atoms with Gasteiger partial charge in [-0.3, -0.25) is 4.90 Å². The summed E-state index contributed by atoms with van der Waals surface area (Å²) in [7, 11) is 2.09. The average Bonchev–Trinajstić information content (AvgIpc) is 3.07. The molecule has 3 aromatic rings. The minimum atomic E-state index is 0.712. The van der Waals surface area contributed by atoms with E-state index in [9.17, 15) is 0 Å². The second-order valence-electron chi connectivity index (χ2n) is 5.97. The average molecular weight is 292 g/mol. The first kappa shape index (κ1) is 13.5. The third kappa shape index (κ3) is 2.12. The molecule has 2 aromatic carbocycles. The highest BCUT2D eigenvalue weighted by Crippen LogP contribution is 2.30. The zero-order valence-corrected chi connectivity index (χ0v) is 12.8. The predicted molar refractivity (Wildman–Crippen MR) is 89.3 cm³/mol. The molecular weight excluding hydrogens is 272 g/mol. The van der Waals surface area contributed by atoms with Crippen molar-refractivity contribution in [2.24, 2.45) is 12.8 Å². The van der Waals surface area contributed by atoms with Crippen molar-refractivity contribution in [2.75, 3.05) is 13.1 Å².